The largest absolute Gasteiger partial charge is 0.392 e. The van der Waals surface area contributed by atoms with Gasteiger partial charge in [-0.15, -0.1) is 0 Å². The fraction of sp³-hybridized carbons (Fsp3) is 0.885. The Bertz CT molecular complexity index is 399. The molecule has 0 heterocycles. The van der Waals surface area contributed by atoms with E-state index in [1.165, 1.54) is 69.8 Å². The number of aliphatic hydroxyl groups is 1. The van der Waals surface area contributed by atoms with E-state index in [0.717, 1.165) is 37.5 Å². The molecule has 0 aliphatic rings. The first-order chi connectivity index (χ1) is 13.4. The molecule has 0 amide bonds. The van der Waals surface area contributed by atoms with Crippen LogP contribution in [0.5, 0.6) is 0 Å². The molecule has 1 N–H and O–H groups in total. The van der Waals surface area contributed by atoms with Crippen molar-refractivity contribution in [3.8, 4) is 0 Å². The van der Waals surface area contributed by atoms with Gasteiger partial charge in [-0.2, -0.15) is 0 Å². The van der Waals surface area contributed by atoms with E-state index in [-0.39, 0.29) is 6.61 Å². The number of Topliss-reactive ketones (excluding diaryl/α,β-unsaturated/α-hetero) is 1. The molecule has 0 fully saturated rings. The van der Waals surface area contributed by atoms with E-state index in [2.05, 4.69) is 34.6 Å². The van der Waals surface area contributed by atoms with Crippen LogP contribution in [-0.2, 0) is 4.79 Å². The summed E-state index contributed by atoms with van der Waals surface area (Å²) < 4.78 is 0. The first kappa shape index (κ1) is 27.4. The van der Waals surface area contributed by atoms with E-state index in [0.29, 0.717) is 11.7 Å². The number of hydrogen-bond donors (Lipinski definition) is 1. The van der Waals surface area contributed by atoms with Crippen LogP contribution in [0.4, 0.5) is 0 Å². The number of allylic oxidation sites excluding steroid dienone is 1. The fourth-order valence-corrected chi connectivity index (χ4v) is 4.07. The maximum Gasteiger partial charge on any atom is 0.133 e. The van der Waals surface area contributed by atoms with Crippen molar-refractivity contribution in [3.05, 3.63) is 11.6 Å². The Morgan fingerprint density at radius 2 is 1.32 bits per heavy atom. The summed E-state index contributed by atoms with van der Waals surface area (Å²) >= 11 is 0. The van der Waals surface area contributed by atoms with Gasteiger partial charge < -0.3 is 5.11 Å². The molecule has 0 radical (unpaired) electrons. The van der Waals surface area contributed by atoms with Gasteiger partial charge in [-0.3, -0.25) is 4.79 Å². The van der Waals surface area contributed by atoms with Crippen LogP contribution in [0.25, 0.3) is 0 Å². The van der Waals surface area contributed by atoms with Crippen molar-refractivity contribution in [1.29, 1.82) is 0 Å². The summed E-state index contributed by atoms with van der Waals surface area (Å²) in [7, 11) is 0. The molecular formula is C26H50O2. The van der Waals surface area contributed by atoms with Crippen molar-refractivity contribution in [1.82, 2.24) is 0 Å². The molecule has 0 saturated carbocycles. The van der Waals surface area contributed by atoms with Gasteiger partial charge in [-0.05, 0) is 43.9 Å². The third kappa shape index (κ3) is 17.5. The van der Waals surface area contributed by atoms with E-state index in [1.54, 1.807) is 0 Å². The third-order valence-corrected chi connectivity index (χ3v) is 6.13. The van der Waals surface area contributed by atoms with E-state index < -0.39 is 0 Å². The predicted molar refractivity (Wildman–Crippen MR) is 124 cm³/mol. The minimum absolute atomic E-state index is 0.174. The number of aliphatic hydroxyl groups excluding tert-OH is 1. The highest BCUT2D eigenvalue weighted by molar-refractivity contribution is 5.78. The van der Waals surface area contributed by atoms with E-state index in [9.17, 15) is 4.79 Å². The lowest BCUT2D eigenvalue weighted by Crippen LogP contribution is -2.06. The van der Waals surface area contributed by atoms with Gasteiger partial charge in [-0.1, -0.05) is 97.1 Å². The summed E-state index contributed by atoms with van der Waals surface area (Å²) in [6.07, 6.45) is 18.5. The maximum absolute atomic E-state index is 12.0. The van der Waals surface area contributed by atoms with Crippen LogP contribution in [0.2, 0.25) is 0 Å². The lowest BCUT2D eigenvalue weighted by atomic mass is 9.90. The number of carbonyl (C=O) groups excluding carboxylic acids is 1. The zero-order valence-electron chi connectivity index (χ0n) is 19.8. The minimum Gasteiger partial charge on any atom is -0.392 e. The third-order valence-electron chi connectivity index (χ3n) is 6.13. The van der Waals surface area contributed by atoms with Crippen molar-refractivity contribution in [2.45, 2.75) is 125 Å². The van der Waals surface area contributed by atoms with Crippen molar-refractivity contribution in [2.24, 2.45) is 17.8 Å². The number of carbonyl (C=O) groups is 1. The Balaban J connectivity index is 3.66. The van der Waals surface area contributed by atoms with Crippen molar-refractivity contribution >= 4 is 5.78 Å². The Morgan fingerprint density at radius 1 is 0.786 bits per heavy atom. The van der Waals surface area contributed by atoms with Gasteiger partial charge >= 0.3 is 0 Å². The molecule has 0 aliphatic heterocycles. The molecule has 0 aromatic rings. The zero-order valence-corrected chi connectivity index (χ0v) is 19.8. The normalized spacial score (nSPS) is 15.4. The first-order valence-electron chi connectivity index (χ1n) is 12.2. The van der Waals surface area contributed by atoms with Crippen LogP contribution >= 0.6 is 0 Å². The molecule has 0 aliphatic carbocycles. The van der Waals surface area contributed by atoms with E-state index >= 15 is 0 Å². The number of hydrogen-bond acceptors (Lipinski definition) is 2. The molecule has 0 aromatic heterocycles. The number of unbranched alkanes of at least 4 members (excludes halogenated alkanes) is 2. The highest BCUT2D eigenvalue weighted by Crippen LogP contribution is 2.23. The first-order valence-corrected chi connectivity index (χ1v) is 12.2. The summed E-state index contributed by atoms with van der Waals surface area (Å²) in [5.41, 5.74) is 1.32. The zero-order chi connectivity index (χ0) is 21.2. The van der Waals surface area contributed by atoms with Crippen LogP contribution in [0.15, 0.2) is 11.6 Å². The van der Waals surface area contributed by atoms with Crippen LogP contribution in [0, 0.1) is 17.8 Å². The second-order valence-corrected chi connectivity index (χ2v) is 9.50. The van der Waals surface area contributed by atoms with Gasteiger partial charge in [0.2, 0.25) is 0 Å². The van der Waals surface area contributed by atoms with E-state index in [4.69, 9.17) is 5.11 Å². The van der Waals surface area contributed by atoms with Crippen molar-refractivity contribution in [2.75, 3.05) is 6.61 Å². The Labute approximate surface area is 176 Å². The maximum atomic E-state index is 12.0. The lowest BCUT2D eigenvalue weighted by molar-refractivity contribution is -0.120. The van der Waals surface area contributed by atoms with Crippen molar-refractivity contribution < 1.29 is 9.90 Å². The second kappa shape index (κ2) is 18.4. The molecule has 166 valence electrons. The summed E-state index contributed by atoms with van der Waals surface area (Å²) in [6.45, 7) is 11.5. The van der Waals surface area contributed by atoms with Gasteiger partial charge in [0.1, 0.15) is 5.78 Å². The molecule has 2 nitrogen and oxygen atoms in total. The summed E-state index contributed by atoms with van der Waals surface area (Å²) in [5, 5.41) is 8.89. The molecule has 0 aromatic carbocycles. The van der Waals surface area contributed by atoms with Crippen LogP contribution < -0.4 is 0 Å². The highest BCUT2D eigenvalue weighted by atomic mass is 16.2. The van der Waals surface area contributed by atoms with Gasteiger partial charge in [-0.25, -0.2) is 0 Å². The van der Waals surface area contributed by atoms with Crippen LogP contribution in [0.1, 0.15) is 125 Å². The smallest absolute Gasteiger partial charge is 0.133 e. The summed E-state index contributed by atoms with van der Waals surface area (Å²) in [6, 6.07) is 0. The van der Waals surface area contributed by atoms with Gasteiger partial charge in [0.05, 0.1) is 6.61 Å². The molecule has 0 spiro atoms. The SMILES string of the molecule is CCCCCC(=O)CC(C)CCC[C@@H](C)CCC[C@@H](C)CCC/C(C)=C/CO. The molecule has 0 saturated heterocycles. The molecule has 3 atom stereocenters. The van der Waals surface area contributed by atoms with Gasteiger partial charge in [0.15, 0.2) is 0 Å². The lowest BCUT2D eigenvalue weighted by Gasteiger charge is -2.16. The minimum atomic E-state index is 0.174. The quantitative estimate of drug-likeness (QED) is 0.179. The fourth-order valence-electron chi connectivity index (χ4n) is 4.07. The Hall–Kier alpha value is -0.630. The van der Waals surface area contributed by atoms with Crippen LogP contribution in [0.3, 0.4) is 0 Å². The molecule has 0 rings (SSSR count). The van der Waals surface area contributed by atoms with Gasteiger partial charge in [0, 0.05) is 12.8 Å². The average Bonchev–Trinajstić information content (AvgIpc) is 2.62. The van der Waals surface area contributed by atoms with E-state index in [1.807, 2.05) is 6.08 Å². The molecular weight excluding hydrogens is 344 g/mol. The Kier molecular flexibility index (Phi) is 18.0. The second-order valence-electron chi connectivity index (χ2n) is 9.50. The number of rotatable bonds is 19. The topological polar surface area (TPSA) is 37.3 Å². The summed E-state index contributed by atoms with van der Waals surface area (Å²) in [5.74, 6) is 2.66. The molecule has 2 heteroatoms. The van der Waals surface area contributed by atoms with Crippen LogP contribution in [-0.4, -0.2) is 17.5 Å². The molecule has 28 heavy (non-hydrogen) atoms. The summed E-state index contributed by atoms with van der Waals surface area (Å²) in [4.78, 5) is 12.0. The molecule has 1 unspecified atom stereocenters. The average molecular weight is 395 g/mol. The predicted octanol–water partition coefficient (Wildman–Crippen LogP) is 7.88. The standard InChI is InChI=1S/C26H50O2/c1-6-7-8-18-26(28)21-25(5)17-11-15-23(3)13-9-12-22(2)14-10-16-24(4)19-20-27/h19,22-23,25,27H,6-18,20-21H2,1-5H3/b24-19+/t22-,23+,25?/m1/s1. The number of ketones is 1. The van der Waals surface area contributed by atoms with Gasteiger partial charge in [0.25, 0.3) is 0 Å². The molecule has 0 bridgehead atoms. The monoisotopic (exact) mass is 394 g/mol. The van der Waals surface area contributed by atoms with Crippen molar-refractivity contribution in [3.63, 3.8) is 0 Å². The highest BCUT2D eigenvalue weighted by Gasteiger charge is 2.11. The Morgan fingerprint density at radius 3 is 1.86 bits per heavy atom.